The Morgan fingerprint density at radius 2 is 1.75 bits per heavy atom. The van der Waals surface area contributed by atoms with E-state index < -0.39 is 5.41 Å². The summed E-state index contributed by atoms with van der Waals surface area (Å²) in [6.07, 6.45) is 0.648. The quantitative estimate of drug-likeness (QED) is 0.797. The first kappa shape index (κ1) is 22.3. The van der Waals surface area contributed by atoms with Gasteiger partial charge in [0, 0.05) is 24.4 Å². The highest BCUT2D eigenvalue weighted by atomic mass is 35.5. The number of benzene rings is 2. The van der Waals surface area contributed by atoms with Gasteiger partial charge >= 0.3 is 0 Å². The molecule has 1 aliphatic rings. The van der Waals surface area contributed by atoms with Crippen molar-refractivity contribution in [3.05, 3.63) is 65.7 Å². The standard InChI is InChI=1S/C23H30N2O2.ClH/c1-23(2,13-18-11-7-8-12-21(18)27-3)22(26)25-15-19(14-24)20(16-25)17-9-5-4-6-10-17;/h4-12,19-20H,13-16,24H2,1-3H3;1H/t19-,20+;/m1./s1. The van der Waals surface area contributed by atoms with Gasteiger partial charge in [-0.2, -0.15) is 0 Å². The van der Waals surface area contributed by atoms with Crippen LogP contribution in [0.15, 0.2) is 54.6 Å². The van der Waals surface area contributed by atoms with Crippen molar-refractivity contribution < 1.29 is 9.53 Å². The molecular formula is C23H31ClN2O2. The van der Waals surface area contributed by atoms with E-state index in [0.717, 1.165) is 24.4 Å². The number of rotatable bonds is 6. The number of likely N-dealkylation sites (tertiary alicyclic amines) is 1. The summed E-state index contributed by atoms with van der Waals surface area (Å²) >= 11 is 0. The smallest absolute Gasteiger partial charge is 0.228 e. The van der Waals surface area contributed by atoms with Gasteiger partial charge in [-0.1, -0.05) is 62.4 Å². The Hall–Kier alpha value is -2.04. The second kappa shape index (κ2) is 9.44. The Morgan fingerprint density at radius 3 is 2.39 bits per heavy atom. The lowest BCUT2D eigenvalue weighted by Crippen LogP contribution is -2.41. The zero-order valence-corrected chi connectivity index (χ0v) is 17.7. The van der Waals surface area contributed by atoms with Crippen LogP contribution in [-0.4, -0.2) is 37.6 Å². The number of carbonyl (C=O) groups excluding carboxylic acids is 1. The molecule has 2 N–H and O–H groups in total. The second-order valence-electron chi connectivity index (χ2n) is 8.10. The molecule has 4 nitrogen and oxygen atoms in total. The average Bonchev–Trinajstić information content (AvgIpc) is 3.12. The summed E-state index contributed by atoms with van der Waals surface area (Å²) in [6.45, 7) is 6.10. The highest BCUT2D eigenvalue weighted by molar-refractivity contribution is 5.85. The number of hydrogen-bond donors (Lipinski definition) is 1. The van der Waals surface area contributed by atoms with Crippen LogP contribution in [0.3, 0.4) is 0 Å². The van der Waals surface area contributed by atoms with E-state index in [4.69, 9.17) is 10.5 Å². The summed E-state index contributed by atoms with van der Waals surface area (Å²) in [5, 5.41) is 0. The van der Waals surface area contributed by atoms with Crippen LogP contribution in [-0.2, 0) is 11.2 Å². The van der Waals surface area contributed by atoms with Crippen molar-refractivity contribution in [3.8, 4) is 5.75 Å². The van der Waals surface area contributed by atoms with Gasteiger partial charge in [-0.05, 0) is 36.1 Å². The molecule has 1 fully saturated rings. The molecule has 0 bridgehead atoms. The summed E-state index contributed by atoms with van der Waals surface area (Å²) in [6, 6.07) is 18.3. The maximum absolute atomic E-state index is 13.4. The monoisotopic (exact) mass is 402 g/mol. The molecule has 0 aliphatic carbocycles. The minimum atomic E-state index is -0.501. The van der Waals surface area contributed by atoms with Crippen molar-refractivity contribution in [2.24, 2.45) is 17.1 Å². The summed E-state index contributed by atoms with van der Waals surface area (Å²) in [5.41, 5.74) is 7.87. The first-order valence-electron chi connectivity index (χ1n) is 9.62. The zero-order chi connectivity index (χ0) is 19.4. The molecule has 0 spiro atoms. The Kier molecular flexibility index (Phi) is 7.50. The van der Waals surface area contributed by atoms with Gasteiger partial charge in [0.1, 0.15) is 5.75 Å². The van der Waals surface area contributed by atoms with Crippen LogP contribution in [0, 0.1) is 11.3 Å². The number of carbonyl (C=O) groups is 1. The van der Waals surface area contributed by atoms with Crippen molar-refractivity contribution in [1.82, 2.24) is 4.90 Å². The fourth-order valence-electron chi connectivity index (χ4n) is 4.18. The van der Waals surface area contributed by atoms with E-state index in [1.165, 1.54) is 5.56 Å². The molecule has 152 valence electrons. The molecule has 1 heterocycles. The normalized spacial score (nSPS) is 19.2. The van der Waals surface area contributed by atoms with Crippen LogP contribution < -0.4 is 10.5 Å². The molecule has 3 rings (SSSR count). The summed E-state index contributed by atoms with van der Waals surface area (Å²) in [7, 11) is 1.67. The number of ether oxygens (including phenoxy) is 1. The molecule has 0 saturated carbocycles. The molecular weight excluding hydrogens is 372 g/mol. The predicted octanol–water partition coefficient (Wildman–Crippen LogP) is 3.89. The Bertz CT molecular complexity index is 779. The zero-order valence-electron chi connectivity index (χ0n) is 16.9. The number of nitrogens with two attached hydrogens (primary N) is 1. The predicted molar refractivity (Wildman–Crippen MR) is 116 cm³/mol. The van der Waals surface area contributed by atoms with E-state index in [9.17, 15) is 4.79 Å². The van der Waals surface area contributed by atoms with Crippen LogP contribution in [0.5, 0.6) is 5.75 Å². The van der Waals surface area contributed by atoms with Gasteiger partial charge in [0.05, 0.1) is 7.11 Å². The molecule has 1 aliphatic heterocycles. The molecule has 2 atom stereocenters. The highest BCUT2D eigenvalue weighted by Gasteiger charge is 2.40. The molecule has 2 aromatic carbocycles. The van der Waals surface area contributed by atoms with Gasteiger partial charge in [-0.3, -0.25) is 4.79 Å². The molecule has 2 aromatic rings. The second-order valence-corrected chi connectivity index (χ2v) is 8.10. The van der Waals surface area contributed by atoms with Gasteiger partial charge < -0.3 is 15.4 Å². The largest absolute Gasteiger partial charge is 0.496 e. The highest BCUT2D eigenvalue weighted by Crippen LogP contribution is 2.36. The molecule has 0 unspecified atom stereocenters. The maximum atomic E-state index is 13.4. The van der Waals surface area contributed by atoms with E-state index in [2.05, 4.69) is 24.3 Å². The van der Waals surface area contributed by atoms with E-state index in [0.29, 0.717) is 24.8 Å². The van der Waals surface area contributed by atoms with Crippen LogP contribution in [0.25, 0.3) is 0 Å². The van der Waals surface area contributed by atoms with Gasteiger partial charge in [0.2, 0.25) is 5.91 Å². The number of amides is 1. The molecule has 28 heavy (non-hydrogen) atoms. The number of para-hydroxylation sites is 1. The third kappa shape index (κ3) is 4.68. The third-order valence-electron chi connectivity index (χ3n) is 5.66. The Morgan fingerprint density at radius 1 is 1.11 bits per heavy atom. The summed E-state index contributed by atoms with van der Waals surface area (Å²) < 4.78 is 5.46. The Labute approximate surface area is 174 Å². The van der Waals surface area contributed by atoms with Gasteiger partial charge in [-0.15, -0.1) is 12.4 Å². The number of nitrogens with zero attached hydrogens (tertiary/aromatic N) is 1. The lowest BCUT2D eigenvalue weighted by atomic mass is 9.84. The van der Waals surface area contributed by atoms with Crippen LogP contribution >= 0.6 is 12.4 Å². The topological polar surface area (TPSA) is 55.6 Å². The van der Waals surface area contributed by atoms with Crippen molar-refractivity contribution in [3.63, 3.8) is 0 Å². The van der Waals surface area contributed by atoms with Crippen molar-refractivity contribution in [1.29, 1.82) is 0 Å². The number of hydrogen-bond acceptors (Lipinski definition) is 3. The van der Waals surface area contributed by atoms with Crippen LogP contribution in [0.4, 0.5) is 0 Å². The third-order valence-corrected chi connectivity index (χ3v) is 5.66. The van der Waals surface area contributed by atoms with Gasteiger partial charge in [0.15, 0.2) is 0 Å². The lowest BCUT2D eigenvalue weighted by Gasteiger charge is -2.30. The fraction of sp³-hybridized carbons (Fsp3) is 0.435. The fourth-order valence-corrected chi connectivity index (χ4v) is 4.18. The molecule has 1 saturated heterocycles. The van der Waals surface area contributed by atoms with Gasteiger partial charge in [0.25, 0.3) is 0 Å². The molecule has 1 amide bonds. The minimum Gasteiger partial charge on any atom is -0.496 e. The van der Waals surface area contributed by atoms with Crippen LogP contribution in [0.2, 0.25) is 0 Å². The van der Waals surface area contributed by atoms with E-state index in [1.54, 1.807) is 7.11 Å². The minimum absolute atomic E-state index is 0. The van der Waals surface area contributed by atoms with Crippen molar-refractivity contribution in [2.75, 3.05) is 26.7 Å². The molecule has 5 heteroatoms. The first-order valence-corrected chi connectivity index (χ1v) is 9.62. The summed E-state index contributed by atoms with van der Waals surface area (Å²) in [4.78, 5) is 15.4. The average molecular weight is 403 g/mol. The van der Waals surface area contributed by atoms with Gasteiger partial charge in [-0.25, -0.2) is 0 Å². The first-order chi connectivity index (χ1) is 13.0. The van der Waals surface area contributed by atoms with Crippen LogP contribution in [0.1, 0.15) is 30.9 Å². The van der Waals surface area contributed by atoms with Crippen molar-refractivity contribution in [2.45, 2.75) is 26.2 Å². The van der Waals surface area contributed by atoms with E-state index in [1.807, 2.05) is 49.1 Å². The van der Waals surface area contributed by atoms with E-state index >= 15 is 0 Å². The Balaban J connectivity index is 0.00000280. The summed E-state index contributed by atoms with van der Waals surface area (Å²) in [5.74, 6) is 1.63. The SMILES string of the molecule is COc1ccccc1CC(C)(C)C(=O)N1C[C@@H](CN)[C@H](c2ccccc2)C1.Cl. The van der Waals surface area contributed by atoms with Crippen molar-refractivity contribution >= 4 is 18.3 Å². The van der Waals surface area contributed by atoms with E-state index in [-0.39, 0.29) is 18.3 Å². The number of methoxy groups -OCH3 is 1. The number of halogens is 1. The lowest BCUT2D eigenvalue weighted by molar-refractivity contribution is -0.139. The molecule has 0 aromatic heterocycles. The maximum Gasteiger partial charge on any atom is 0.228 e. The molecule has 0 radical (unpaired) electrons.